The highest BCUT2D eigenvalue weighted by Crippen LogP contribution is 2.40. The van der Waals surface area contributed by atoms with E-state index in [1.807, 2.05) is 86.7 Å². The summed E-state index contributed by atoms with van der Waals surface area (Å²) >= 11 is 0. The number of aromatic nitrogens is 5. The lowest BCUT2D eigenvalue weighted by molar-refractivity contribution is -0.265. The Hall–Kier alpha value is -9.21. The number of Topliss-reactive ketones (excluding diaryl/α,β-unsaturated/α-hetero) is 2. The van der Waals surface area contributed by atoms with Crippen LogP contribution in [0.3, 0.4) is 0 Å². The zero-order chi connectivity index (χ0) is 92.4. The second-order valence-corrected chi connectivity index (χ2v) is 34.3. The maximum absolute atomic E-state index is 14.9. The number of aliphatic hydroxyl groups is 2. The molecule has 710 valence electrons. The van der Waals surface area contributed by atoms with Gasteiger partial charge in [-0.3, -0.25) is 19.2 Å². The van der Waals surface area contributed by atoms with E-state index in [9.17, 15) is 44.5 Å². The first kappa shape index (κ1) is 102. The van der Waals surface area contributed by atoms with E-state index in [2.05, 4.69) is 48.5 Å². The van der Waals surface area contributed by atoms with Crippen LogP contribution in [0.15, 0.2) is 99.9 Å². The number of allylic oxidation sites excluding steroid dienone is 5. The van der Waals surface area contributed by atoms with E-state index in [0.29, 0.717) is 216 Å². The van der Waals surface area contributed by atoms with Crippen LogP contribution in [-0.2, 0) is 110 Å². The van der Waals surface area contributed by atoms with Gasteiger partial charge in [-0.2, -0.15) is 10.1 Å². The Balaban J connectivity index is 0.562. The fourth-order valence-corrected chi connectivity index (χ4v) is 17.5. The lowest BCUT2D eigenvalue weighted by Crippen LogP contribution is -2.61. The number of esters is 1. The Morgan fingerprint density at radius 1 is 0.736 bits per heavy atom. The third kappa shape index (κ3) is 29.9. The highest BCUT2D eigenvalue weighted by atomic mass is 16.6. The van der Waals surface area contributed by atoms with Crippen LogP contribution in [-0.4, -0.2) is 287 Å². The number of oxazole rings is 1. The second-order valence-electron chi connectivity index (χ2n) is 34.3. The SMILES string of the molecule is CO[C@H]1C[C@@H]2CC[C@@H](C)[C@@](O)(O2)C(=O)C(=O)N2CCCC[C@H]2C(=O)O[C@H]([C@H](C)C[C@@H]2CC[C@@H](OC(=O)NCCOCCOCCOCCOCCOCCOCCOCCOCCC(=O)N3CCc4cc(Cn5nc(-c6ccc7oc(N)nc7c6)c6c(N)ncnc65)ccc4C3)[C@H](OC)C2)CC(N=[N+]=[N-])[C@H](C)/C=C(\C)[C@@H](O)[C@@H](OC)C(=O)[C@H](C)C[C@H](C)/C=C/C=CC=C1C. The molecule has 1 unspecified atom stereocenters. The molecule has 3 amide bonds. The van der Waals surface area contributed by atoms with Crippen molar-refractivity contribution in [3.8, 4) is 11.3 Å². The minimum Gasteiger partial charge on any atom is -0.461 e. The van der Waals surface area contributed by atoms with Crippen LogP contribution in [0.2, 0.25) is 0 Å². The second kappa shape index (κ2) is 52.1. The largest absolute Gasteiger partial charge is 0.461 e. The van der Waals surface area contributed by atoms with Crippen LogP contribution in [0.1, 0.15) is 149 Å². The van der Waals surface area contributed by atoms with E-state index in [1.165, 1.54) is 23.9 Å². The number of rotatable bonds is 38. The number of ketones is 2. The maximum atomic E-state index is 14.9. The van der Waals surface area contributed by atoms with Crippen molar-refractivity contribution in [1.29, 1.82) is 0 Å². The van der Waals surface area contributed by atoms with Crippen molar-refractivity contribution in [2.75, 3.05) is 158 Å². The number of nitrogens with two attached hydrogens (primary N) is 2. The van der Waals surface area contributed by atoms with E-state index in [1.54, 1.807) is 40.2 Å². The van der Waals surface area contributed by atoms with E-state index >= 15 is 0 Å². The smallest absolute Gasteiger partial charge is 0.407 e. The number of aliphatic hydroxyl groups excluding tert-OH is 1. The molecule has 3 aromatic heterocycles. The fraction of sp³-hybridized carbons (Fsp3) is 0.656. The van der Waals surface area contributed by atoms with Crippen molar-refractivity contribution in [1.82, 2.24) is 39.8 Å². The van der Waals surface area contributed by atoms with Gasteiger partial charge in [-0.15, -0.1) is 0 Å². The predicted molar refractivity (Wildman–Crippen MR) is 478 cm³/mol. The van der Waals surface area contributed by atoms with Gasteiger partial charge in [0.1, 0.15) is 53.8 Å². The van der Waals surface area contributed by atoms with Crippen molar-refractivity contribution in [3.63, 3.8) is 0 Å². The molecule has 7 heterocycles. The van der Waals surface area contributed by atoms with Crippen LogP contribution in [0.4, 0.5) is 16.6 Å². The average molecular weight is 1800 g/mol. The Morgan fingerprint density at radius 2 is 1.42 bits per heavy atom. The standard InChI is InChI=1S/C93H135N13O23/c1-59-16-12-11-13-17-60(2)77(115-8)54-71-24-19-65(7)93(114,129-71)86(110)89(111)105-30-15-14-18-74(105)90(112)126-78(55-72(101-103-96)61(3)49-64(6)84(109)85(117-10)83(108)63(5)48-59)62(4)50-66-21-25-76(79(52-66)116-9)128-92(113)97-29-33-119-35-37-121-39-41-123-43-45-125-47-46-124-44-42-122-40-38-120-36-34-118-32-28-80(107)104-31-27-68-51-67(20-22-70(68)57-104)56-106-88-81(87(94)98-58-99-88)82(102-106)69-23-26-75-73(53-69)100-91(95)127-75/h11-13,16-17,20,22-23,26,49,51,53,58-59,61-63,65-66,71-72,74,76-79,84-85,109,114H,14-15,18-19,21,24-25,27-48,50,52,54-57H2,1-10H3,(H2,95,100)(H,97,113)(H2,94,98,99)/b13-11?,16-12+,60-17?,64-49+/t59-,61-,62-,63-,65-,66+,71+,72?,74+,76-,77+,78+,79-,84-,85+,93-/m1/s1. The lowest BCUT2D eigenvalue weighted by Gasteiger charge is -2.43. The number of methoxy groups -OCH3 is 3. The minimum absolute atomic E-state index is 0.00678. The summed E-state index contributed by atoms with van der Waals surface area (Å²) in [5.41, 5.74) is 30.1. The minimum atomic E-state index is -2.49. The van der Waals surface area contributed by atoms with Gasteiger partial charge in [-0.1, -0.05) is 94.4 Å². The highest BCUT2D eigenvalue weighted by Gasteiger charge is 2.53. The third-order valence-corrected chi connectivity index (χ3v) is 24.9. The number of alkyl carbamates (subject to hydrolysis) is 1. The summed E-state index contributed by atoms with van der Waals surface area (Å²) in [6.45, 7) is 20.4. The predicted octanol–water partition coefficient (Wildman–Crippen LogP) is 10.3. The number of piperidine rings is 1. The summed E-state index contributed by atoms with van der Waals surface area (Å²) in [5.74, 6) is -7.67. The Bertz CT molecular complexity index is 4610. The molecular formula is C93H135N13O23. The molecule has 2 saturated heterocycles. The fourth-order valence-electron chi connectivity index (χ4n) is 17.5. The quantitative estimate of drug-likeness (QED) is 0.00466. The van der Waals surface area contributed by atoms with Gasteiger partial charge >= 0.3 is 12.1 Å². The molecule has 10 rings (SSSR count). The van der Waals surface area contributed by atoms with Crippen molar-refractivity contribution in [3.05, 3.63) is 117 Å². The van der Waals surface area contributed by atoms with Crippen LogP contribution >= 0.6 is 0 Å². The molecule has 1 aliphatic carbocycles. The molecule has 36 heteroatoms. The molecule has 5 aromatic rings. The topological polar surface area (TPSA) is 461 Å². The van der Waals surface area contributed by atoms with Crippen molar-refractivity contribution < 1.29 is 110 Å². The van der Waals surface area contributed by atoms with Gasteiger partial charge in [0, 0.05) is 82.3 Å². The van der Waals surface area contributed by atoms with E-state index in [-0.39, 0.29) is 74.9 Å². The number of ether oxygens (including phenoxy) is 14. The number of nitrogens with one attached hydrogen (secondary N) is 1. The molecule has 7 N–H and O–H groups in total. The van der Waals surface area contributed by atoms with Gasteiger partial charge in [-0.05, 0) is 166 Å². The molecule has 2 bridgehead atoms. The summed E-state index contributed by atoms with van der Waals surface area (Å²) in [4.78, 5) is 104. The monoisotopic (exact) mass is 1800 g/mol. The maximum Gasteiger partial charge on any atom is 0.407 e. The van der Waals surface area contributed by atoms with Gasteiger partial charge in [-0.25, -0.2) is 24.2 Å². The van der Waals surface area contributed by atoms with Crippen molar-refractivity contribution in [2.24, 2.45) is 40.6 Å². The van der Waals surface area contributed by atoms with Gasteiger partial charge in [0.25, 0.3) is 17.7 Å². The number of nitrogen functional groups attached to an aromatic ring is 2. The summed E-state index contributed by atoms with van der Waals surface area (Å²) < 4.78 is 88.6. The van der Waals surface area contributed by atoms with Crippen molar-refractivity contribution >= 4 is 69.4 Å². The molecule has 129 heavy (non-hydrogen) atoms. The number of hydrogen-bond donors (Lipinski definition) is 5. The number of carbonyl (C=O) groups excluding carboxylic acids is 6. The van der Waals surface area contributed by atoms with E-state index in [4.69, 9.17) is 87.3 Å². The number of azide groups is 1. The molecule has 36 nitrogen and oxygen atoms in total. The Labute approximate surface area is 755 Å². The molecule has 16 atom stereocenters. The number of benzene rings is 2. The Kier molecular flexibility index (Phi) is 41.2. The third-order valence-electron chi connectivity index (χ3n) is 24.9. The Morgan fingerprint density at radius 3 is 2.09 bits per heavy atom. The molecule has 4 aliphatic heterocycles. The number of anilines is 2. The van der Waals surface area contributed by atoms with Gasteiger partial charge in [0.15, 0.2) is 17.0 Å². The number of amides is 3. The van der Waals surface area contributed by atoms with Crippen LogP contribution in [0.5, 0.6) is 0 Å². The van der Waals surface area contributed by atoms with Gasteiger partial charge in [0.2, 0.25) is 11.7 Å². The summed E-state index contributed by atoms with van der Waals surface area (Å²) in [6.07, 6.45) is 12.3. The molecule has 5 aliphatic rings. The van der Waals surface area contributed by atoms with E-state index < -0.39 is 108 Å². The van der Waals surface area contributed by atoms with Crippen molar-refractivity contribution in [2.45, 2.75) is 212 Å². The average Bonchev–Trinajstić information content (AvgIpc) is 1.59. The number of fused-ring (bicyclic) bond motifs is 6. The molecule has 0 spiro atoms. The molecule has 1 saturated carbocycles. The highest BCUT2D eigenvalue weighted by molar-refractivity contribution is 6.39. The van der Waals surface area contributed by atoms with Crippen LogP contribution in [0, 0.1) is 35.5 Å². The number of carbonyl (C=O) groups is 6. The lowest BCUT2D eigenvalue weighted by atomic mass is 9.78. The molecule has 0 radical (unpaired) electrons. The van der Waals surface area contributed by atoms with Crippen LogP contribution in [0.25, 0.3) is 43.8 Å². The number of cyclic esters (lactones) is 1. The van der Waals surface area contributed by atoms with E-state index in [0.717, 1.165) is 28.7 Å². The zero-order valence-corrected chi connectivity index (χ0v) is 76.5. The first-order valence-electron chi connectivity index (χ1n) is 45.4. The zero-order valence-electron chi connectivity index (χ0n) is 76.5. The summed E-state index contributed by atoms with van der Waals surface area (Å²) in [7, 11) is 4.51. The van der Waals surface area contributed by atoms with Gasteiger partial charge in [0.05, 0.1) is 142 Å². The normalized spacial score (nSPS) is 26.6. The summed E-state index contributed by atoms with van der Waals surface area (Å²) in [5, 5.41) is 36.5. The molecule has 3 fully saturated rings. The number of nitrogens with zero attached hydrogens (tertiary/aromatic N) is 10. The molecule has 2 aromatic carbocycles. The van der Waals surface area contributed by atoms with Gasteiger partial charge < -0.3 is 108 Å². The number of hydrogen-bond acceptors (Lipinski definition) is 30. The first-order valence-corrected chi connectivity index (χ1v) is 45.4. The summed E-state index contributed by atoms with van der Waals surface area (Å²) in [6, 6.07) is 9.85. The first-order chi connectivity index (χ1) is 62.3. The molecular weight excluding hydrogens is 1670 g/mol. The van der Waals surface area contributed by atoms with Crippen LogP contribution < -0.4 is 16.8 Å².